The molecule has 4 rings (SSSR count). The summed E-state index contributed by atoms with van der Waals surface area (Å²) >= 11 is 6.14. The SMILES string of the molecule is Cn1cc(NC(O)c2cnn3ccc(NC(C)(C)C)nc23)c(-c2cccc(Cl)c2)n1. The van der Waals surface area contributed by atoms with Crippen LogP contribution in [0.15, 0.2) is 48.9 Å². The number of nitrogens with zero attached hydrogens (tertiary/aromatic N) is 5. The Morgan fingerprint density at radius 1 is 1.20 bits per heavy atom. The van der Waals surface area contributed by atoms with Gasteiger partial charge in [-0.05, 0) is 39.0 Å². The van der Waals surface area contributed by atoms with Gasteiger partial charge in [-0.2, -0.15) is 10.2 Å². The van der Waals surface area contributed by atoms with E-state index in [4.69, 9.17) is 11.6 Å². The molecule has 0 aliphatic rings. The number of anilines is 2. The number of aryl methyl sites for hydroxylation is 1. The van der Waals surface area contributed by atoms with Gasteiger partial charge in [0.25, 0.3) is 0 Å². The summed E-state index contributed by atoms with van der Waals surface area (Å²) in [6.07, 6.45) is 4.21. The van der Waals surface area contributed by atoms with Crippen LogP contribution in [0, 0.1) is 0 Å². The third-order valence-corrected chi connectivity index (χ3v) is 4.65. The summed E-state index contributed by atoms with van der Waals surface area (Å²) in [4.78, 5) is 4.63. The van der Waals surface area contributed by atoms with Crippen molar-refractivity contribution in [2.75, 3.05) is 10.6 Å². The molecule has 0 bridgehead atoms. The second-order valence-electron chi connectivity index (χ2n) is 8.18. The number of halogens is 1. The molecule has 0 saturated heterocycles. The first-order chi connectivity index (χ1) is 14.2. The number of hydrogen-bond acceptors (Lipinski definition) is 6. The predicted molar refractivity (Wildman–Crippen MR) is 119 cm³/mol. The van der Waals surface area contributed by atoms with Crippen molar-refractivity contribution in [1.82, 2.24) is 24.4 Å². The maximum absolute atomic E-state index is 10.9. The number of nitrogens with one attached hydrogen (secondary N) is 2. The highest BCUT2D eigenvalue weighted by Crippen LogP contribution is 2.31. The van der Waals surface area contributed by atoms with E-state index in [0.29, 0.717) is 33.4 Å². The van der Waals surface area contributed by atoms with E-state index in [-0.39, 0.29) is 5.54 Å². The fourth-order valence-electron chi connectivity index (χ4n) is 3.20. The molecular formula is C21H24ClN7O. The molecule has 156 valence electrons. The number of aliphatic hydroxyl groups excluding tert-OH is 1. The van der Waals surface area contributed by atoms with Gasteiger partial charge in [0.15, 0.2) is 11.9 Å². The van der Waals surface area contributed by atoms with Crippen molar-refractivity contribution >= 4 is 28.8 Å². The van der Waals surface area contributed by atoms with Crippen LogP contribution in [0.1, 0.15) is 32.6 Å². The first-order valence-corrected chi connectivity index (χ1v) is 9.94. The van der Waals surface area contributed by atoms with Crippen molar-refractivity contribution in [3.05, 3.63) is 59.5 Å². The number of hydrogen-bond donors (Lipinski definition) is 3. The van der Waals surface area contributed by atoms with Crippen LogP contribution in [0.2, 0.25) is 5.02 Å². The van der Waals surface area contributed by atoms with Gasteiger partial charge in [-0.1, -0.05) is 23.7 Å². The average Bonchev–Trinajstić information content (AvgIpc) is 3.23. The maximum atomic E-state index is 10.9. The van der Waals surface area contributed by atoms with Gasteiger partial charge in [0.1, 0.15) is 11.5 Å². The quantitative estimate of drug-likeness (QED) is 0.417. The molecule has 0 amide bonds. The van der Waals surface area contributed by atoms with Crippen LogP contribution in [-0.4, -0.2) is 35.0 Å². The molecular weight excluding hydrogens is 402 g/mol. The first kappa shape index (κ1) is 20.2. The van der Waals surface area contributed by atoms with Crippen molar-refractivity contribution in [1.29, 1.82) is 0 Å². The molecule has 0 aliphatic carbocycles. The highest BCUT2D eigenvalue weighted by Gasteiger charge is 2.20. The van der Waals surface area contributed by atoms with Crippen molar-refractivity contribution < 1.29 is 5.11 Å². The van der Waals surface area contributed by atoms with E-state index in [1.165, 1.54) is 0 Å². The van der Waals surface area contributed by atoms with Crippen LogP contribution < -0.4 is 10.6 Å². The fraction of sp³-hybridized carbons (Fsp3) is 0.286. The lowest BCUT2D eigenvalue weighted by Crippen LogP contribution is -2.26. The zero-order chi connectivity index (χ0) is 21.5. The predicted octanol–water partition coefficient (Wildman–Crippen LogP) is 4.10. The van der Waals surface area contributed by atoms with Gasteiger partial charge in [-0.3, -0.25) is 4.68 Å². The van der Waals surface area contributed by atoms with Crippen LogP contribution in [0.4, 0.5) is 11.5 Å². The Kier molecular flexibility index (Phi) is 5.13. The smallest absolute Gasteiger partial charge is 0.165 e. The maximum Gasteiger partial charge on any atom is 0.165 e. The molecule has 9 heteroatoms. The second kappa shape index (κ2) is 7.62. The lowest BCUT2D eigenvalue weighted by molar-refractivity contribution is 0.209. The molecule has 0 saturated carbocycles. The number of rotatable bonds is 5. The number of benzene rings is 1. The third kappa shape index (κ3) is 4.24. The third-order valence-electron chi connectivity index (χ3n) is 4.41. The topological polar surface area (TPSA) is 92.3 Å². The Hall–Kier alpha value is -3.10. The molecule has 1 unspecified atom stereocenters. The molecule has 0 aliphatic heterocycles. The van der Waals surface area contributed by atoms with E-state index in [1.807, 2.05) is 49.8 Å². The van der Waals surface area contributed by atoms with Crippen molar-refractivity contribution in [2.24, 2.45) is 7.05 Å². The van der Waals surface area contributed by atoms with Gasteiger partial charge in [0.2, 0.25) is 0 Å². The summed E-state index contributed by atoms with van der Waals surface area (Å²) in [5.74, 6) is 0.713. The summed E-state index contributed by atoms with van der Waals surface area (Å²) in [6.45, 7) is 6.19. The van der Waals surface area contributed by atoms with Gasteiger partial charge in [0.05, 0.1) is 17.4 Å². The fourth-order valence-corrected chi connectivity index (χ4v) is 3.39. The monoisotopic (exact) mass is 425 g/mol. The van der Waals surface area contributed by atoms with Crippen molar-refractivity contribution in [3.63, 3.8) is 0 Å². The molecule has 8 nitrogen and oxygen atoms in total. The normalized spacial score (nSPS) is 12.9. The van der Waals surface area contributed by atoms with E-state index >= 15 is 0 Å². The Labute approximate surface area is 179 Å². The minimum atomic E-state index is -1.03. The molecule has 1 aromatic carbocycles. The molecule has 0 spiro atoms. The molecule has 3 heterocycles. The van der Waals surface area contributed by atoms with Gasteiger partial charge in [-0.15, -0.1) is 0 Å². The largest absolute Gasteiger partial charge is 0.369 e. The minimum absolute atomic E-state index is 0.135. The van der Waals surface area contributed by atoms with Crippen molar-refractivity contribution in [3.8, 4) is 11.3 Å². The van der Waals surface area contributed by atoms with E-state index in [0.717, 1.165) is 5.56 Å². The summed E-state index contributed by atoms with van der Waals surface area (Å²) in [7, 11) is 1.83. The van der Waals surface area contributed by atoms with E-state index in [9.17, 15) is 5.11 Å². The van der Waals surface area contributed by atoms with Crippen LogP contribution >= 0.6 is 11.6 Å². The summed E-state index contributed by atoms with van der Waals surface area (Å²) in [5, 5.41) is 26.8. The van der Waals surface area contributed by atoms with Crippen molar-refractivity contribution in [2.45, 2.75) is 32.5 Å². The number of fused-ring (bicyclic) bond motifs is 1. The first-order valence-electron chi connectivity index (χ1n) is 9.56. The second-order valence-corrected chi connectivity index (χ2v) is 8.61. The summed E-state index contributed by atoms with van der Waals surface area (Å²) in [6, 6.07) is 9.29. The van der Waals surface area contributed by atoms with Gasteiger partial charge < -0.3 is 15.7 Å². The molecule has 3 N–H and O–H groups in total. The van der Waals surface area contributed by atoms with Gasteiger partial charge in [0, 0.05) is 35.6 Å². The molecule has 30 heavy (non-hydrogen) atoms. The van der Waals surface area contributed by atoms with E-state index in [2.05, 4.69) is 46.6 Å². The lowest BCUT2D eigenvalue weighted by Gasteiger charge is -2.21. The van der Waals surface area contributed by atoms with Crippen LogP contribution in [-0.2, 0) is 7.05 Å². The number of aromatic nitrogens is 5. The van der Waals surface area contributed by atoms with Crippen LogP contribution in [0.5, 0.6) is 0 Å². The standard InChI is InChI=1S/C21H24ClN7O/c1-21(2,3)26-17-8-9-29-19(25-17)15(11-23-29)20(30)24-16-12-28(4)27-18(16)13-6-5-7-14(22)10-13/h5-12,20,24,30H,1-4H3,(H,25,26). The Bertz CT molecular complexity index is 1190. The van der Waals surface area contributed by atoms with E-state index < -0.39 is 6.23 Å². The molecule has 4 aromatic rings. The van der Waals surface area contributed by atoms with E-state index in [1.54, 1.807) is 15.4 Å². The number of aliphatic hydroxyl groups is 1. The van der Waals surface area contributed by atoms with Crippen LogP contribution in [0.25, 0.3) is 16.9 Å². The minimum Gasteiger partial charge on any atom is -0.369 e. The summed E-state index contributed by atoms with van der Waals surface area (Å²) in [5.41, 5.74) is 3.22. The molecule has 3 aromatic heterocycles. The zero-order valence-corrected chi connectivity index (χ0v) is 18.0. The molecule has 0 fully saturated rings. The Balaban J connectivity index is 1.66. The Morgan fingerprint density at radius 2 is 2.00 bits per heavy atom. The summed E-state index contributed by atoms with van der Waals surface area (Å²) < 4.78 is 3.32. The Morgan fingerprint density at radius 3 is 2.73 bits per heavy atom. The van der Waals surface area contributed by atoms with Gasteiger partial charge >= 0.3 is 0 Å². The van der Waals surface area contributed by atoms with Gasteiger partial charge in [-0.25, -0.2) is 9.50 Å². The highest BCUT2D eigenvalue weighted by atomic mass is 35.5. The highest BCUT2D eigenvalue weighted by molar-refractivity contribution is 6.30. The lowest BCUT2D eigenvalue weighted by atomic mass is 10.1. The molecule has 0 radical (unpaired) electrons. The zero-order valence-electron chi connectivity index (χ0n) is 17.3. The average molecular weight is 426 g/mol. The van der Waals surface area contributed by atoms with Crippen LogP contribution in [0.3, 0.4) is 0 Å². The molecule has 1 atom stereocenters.